The summed E-state index contributed by atoms with van der Waals surface area (Å²) in [5.74, 6) is 0.708. The second kappa shape index (κ2) is 5.66. The van der Waals surface area contributed by atoms with Gasteiger partial charge in [0.15, 0.2) is 10.9 Å². The molecule has 0 bridgehead atoms. The van der Waals surface area contributed by atoms with Gasteiger partial charge in [-0.2, -0.15) is 10.4 Å². The Labute approximate surface area is 127 Å². The third kappa shape index (κ3) is 2.54. The molecule has 0 N–H and O–H groups in total. The van der Waals surface area contributed by atoms with E-state index in [1.165, 1.54) is 0 Å². The number of rotatable bonds is 2. The fourth-order valence-corrected chi connectivity index (χ4v) is 3.13. The maximum atomic E-state index is 9.39. The average Bonchev–Trinajstić information content (AvgIpc) is 3.04. The van der Waals surface area contributed by atoms with E-state index < -0.39 is 0 Å². The minimum absolute atomic E-state index is 0.644. The molecule has 3 rings (SSSR count). The Bertz CT molecular complexity index is 668. The van der Waals surface area contributed by atoms with Crippen LogP contribution in [0.15, 0.2) is 11.6 Å². The van der Waals surface area contributed by atoms with Crippen LogP contribution in [-0.4, -0.2) is 41.4 Å². The van der Waals surface area contributed by atoms with Gasteiger partial charge >= 0.3 is 0 Å². The topological polar surface area (TPSA) is 68.9 Å². The molecule has 108 valence electrons. The van der Waals surface area contributed by atoms with Crippen molar-refractivity contribution in [2.75, 3.05) is 36.0 Å². The van der Waals surface area contributed by atoms with Gasteiger partial charge in [0, 0.05) is 37.8 Å². The van der Waals surface area contributed by atoms with Crippen molar-refractivity contribution in [1.29, 1.82) is 5.26 Å². The first-order valence-corrected chi connectivity index (χ1v) is 7.72. The number of piperazine rings is 1. The highest BCUT2D eigenvalue weighted by molar-refractivity contribution is 7.13. The molecule has 2 aromatic rings. The summed E-state index contributed by atoms with van der Waals surface area (Å²) < 4.78 is 0. The molecule has 0 aliphatic carbocycles. The van der Waals surface area contributed by atoms with Crippen LogP contribution in [0.3, 0.4) is 0 Å². The largest absolute Gasteiger partial charge is 0.350 e. The van der Waals surface area contributed by atoms with Crippen LogP contribution in [0.5, 0.6) is 0 Å². The van der Waals surface area contributed by atoms with Crippen LogP contribution in [-0.2, 0) is 0 Å². The summed E-state index contributed by atoms with van der Waals surface area (Å²) in [6, 6.07) is 2.27. The van der Waals surface area contributed by atoms with E-state index in [9.17, 15) is 5.26 Å². The predicted octanol–water partition coefficient (Wildman–Crippen LogP) is 1.75. The molecular weight excluding hydrogens is 284 g/mol. The number of aromatic nitrogens is 3. The molecule has 0 unspecified atom stereocenters. The minimum Gasteiger partial charge on any atom is -0.350 e. The van der Waals surface area contributed by atoms with Gasteiger partial charge in [-0.3, -0.25) is 0 Å². The van der Waals surface area contributed by atoms with Gasteiger partial charge in [-0.05, 0) is 19.4 Å². The fraction of sp³-hybridized carbons (Fsp3) is 0.429. The zero-order valence-corrected chi connectivity index (χ0v) is 12.9. The van der Waals surface area contributed by atoms with Crippen LogP contribution >= 0.6 is 11.3 Å². The third-order valence-electron chi connectivity index (χ3n) is 3.82. The molecule has 0 atom stereocenters. The first kappa shape index (κ1) is 13.8. The highest BCUT2D eigenvalue weighted by Gasteiger charge is 2.23. The predicted molar refractivity (Wildman–Crippen MR) is 82.8 cm³/mol. The molecule has 0 radical (unpaired) electrons. The monoisotopic (exact) mass is 300 g/mol. The Morgan fingerprint density at radius 1 is 1.14 bits per heavy atom. The second-order valence-electron chi connectivity index (χ2n) is 5.01. The van der Waals surface area contributed by atoms with Crippen molar-refractivity contribution < 1.29 is 0 Å². The summed E-state index contributed by atoms with van der Waals surface area (Å²) in [5, 5.41) is 20.8. The van der Waals surface area contributed by atoms with Crippen molar-refractivity contribution in [2.45, 2.75) is 13.8 Å². The van der Waals surface area contributed by atoms with Crippen LogP contribution in [0.25, 0.3) is 0 Å². The minimum atomic E-state index is 0.644. The van der Waals surface area contributed by atoms with E-state index in [1.807, 2.05) is 25.4 Å². The number of hydrogen-bond acceptors (Lipinski definition) is 7. The molecule has 1 aliphatic rings. The molecule has 0 saturated carbocycles. The number of anilines is 2. The van der Waals surface area contributed by atoms with Gasteiger partial charge in [0.05, 0.1) is 5.69 Å². The van der Waals surface area contributed by atoms with E-state index in [-0.39, 0.29) is 0 Å². The van der Waals surface area contributed by atoms with Gasteiger partial charge < -0.3 is 9.80 Å². The highest BCUT2D eigenvalue weighted by atomic mass is 32.1. The van der Waals surface area contributed by atoms with Gasteiger partial charge in [-0.25, -0.2) is 4.98 Å². The Morgan fingerprint density at radius 2 is 1.86 bits per heavy atom. The first-order valence-electron chi connectivity index (χ1n) is 6.84. The molecule has 7 heteroatoms. The van der Waals surface area contributed by atoms with Crippen molar-refractivity contribution >= 4 is 22.3 Å². The van der Waals surface area contributed by atoms with Gasteiger partial charge in [0.25, 0.3) is 0 Å². The molecule has 3 heterocycles. The van der Waals surface area contributed by atoms with Gasteiger partial charge in [-0.15, -0.1) is 16.4 Å². The summed E-state index contributed by atoms with van der Waals surface area (Å²) >= 11 is 1.65. The smallest absolute Gasteiger partial charge is 0.185 e. The van der Waals surface area contributed by atoms with E-state index in [0.717, 1.165) is 42.6 Å². The summed E-state index contributed by atoms with van der Waals surface area (Å²) in [7, 11) is 0. The maximum Gasteiger partial charge on any atom is 0.185 e. The summed E-state index contributed by atoms with van der Waals surface area (Å²) in [4.78, 5) is 8.75. The van der Waals surface area contributed by atoms with Crippen LogP contribution in [0.4, 0.5) is 10.9 Å². The molecule has 0 amide bonds. The molecule has 6 nitrogen and oxygen atoms in total. The van der Waals surface area contributed by atoms with Crippen molar-refractivity contribution in [3.8, 4) is 6.07 Å². The van der Waals surface area contributed by atoms with E-state index in [0.29, 0.717) is 11.4 Å². The van der Waals surface area contributed by atoms with Crippen LogP contribution in [0, 0.1) is 25.2 Å². The van der Waals surface area contributed by atoms with E-state index >= 15 is 0 Å². The quantitative estimate of drug-likeness (QED) is 0.841. The van der Waals surface area contributed by atoms with Crippen LogP contribution < -0.4 is 9.80 Å². The number of nitriles is 1. The van der Waals surface area contributed by atoms with Crippen LogP contribution in [0.2, 0.25) is 0 Å². The van der Waals surface area contributed by atoms with Gasteiger partial charge in [0.1, 0.15) is 11.6 Å². The van der Waals surface area contributed by atoms with Gasteiger partial charge in [-0.1, -0.05) is 0 Å². The molecule has 1 aliphatic heterocycles. The van der Waals surface area contributed by atoms with E-state index in [1.54, 1.807) is 11.3 Å². The van der Waals surface area contributed by atoms with Crippen LogP contribution in [0.1, 0.15) is 16.8 Å². The zero-order valence-electron chi connectivity index (χ0n) is 12.1. The first-order chi connectivity index (χ1) is 10.2. The van der Waals surface area contributed by atoms with Crippen molar-refractivity contribution in [3.63, 3.8) is 0 Å². The third-order valence-corrected chi connectivity index (χ3v) is 4.65. The lowest BCUT2D eigenvalue weighted by Crippen LogP contribution is -2.47. The average molecular weight is 300 g/mol. The van der Waals surface area contributed by atoms with E-state index in [4.69, 9.17) is 0 Å². The molecule has 0 aromatic carbocycles. The maximum absolute atomic E-state index is 9.39. The second-order valence-corrected chi connectivity index (χ2v) is 5.88. The highest BCUT2D eigenvalue weighted by Crippen LogP contribution is 2.24. The van der Waals surface area contributed by atoms with E-state index in [2.05, 4.69) is 31.1 Å². The molecular formula is C14H16N6S. The molecule has 1 saturated heterocycles. The molecule has 1 fully saturated rings. The fourth-order valence-electron chi connectivity index (χ4n) is 2.43. The number of thiazole rings is 1. The number of hydrogen-bond donors (Lipinski definition) is 0. The Morgan fingerprint density at radius 3 is 2.48 bits per heavy atom. The van der Waals surface area contributed by atoms with Crippen molar-refractivity contribution in [1.82, 2.24) is 15.2 Å². The Balaban J connectivity index is 1.79. The Hall–Kier alpha value is -2.20. The number of nitrogens with zero attached hydrogens (tertiary/aromatic N) is 6. The van der Waals surface area contributed by atoms with Gasteiger partial charge in [0.2, 0.25) is 0 Å². The molecule has 0 spiro atoms. The summed E-state index contributed by atoms with van der Waals surface area (Å²) in [6.07, 6.45) is 1.83. The Kier molecular flexibility index (Phi) is 3.71. The van der Waals surface area contributed by atoms with Crippen molar-refractivity contribution in [3.05, 3.63) is 28.4 Å². The SMILES string of the molecule is Cc1nnc(N2CCN(c3nccs3)CC2)c(C#N)c1C. The van der Waals surface area contributed by atoms with Crippen molar-refractivity contribution in [2.24, 2.45) is 0 Å². The normalized spacial score (nSPS) is 15.1. The lowest BCUT2D eigenvalue weighted by Gasteiger charge is -2.35. The standard InChI is InChI=1S/C14H16N6S/c1-10-11(2)17-18-13(12(10)9-15)19-4-6-20(7-5-19)14-16-3-8-21-14/h3,8H,4-7H2,1-2H3. The lowest BCUT2D eigenvalue weighted by atomic mass is 10.1. The molecule has 2 aromatic heterocycles. The zero-order chi connectivity index (χ0) is 14.8. The number of aryl methyl sites for hydroxylation is 1. The molecule has 21 heavy (non-hydrogen) atoms. The summed E-state index contributed by atoms with van der Waals surface area (Å²) in [6.45, 7) is 7.22. The lowest BCUT2D eigenvalue weighted by molar-refractivity contribution is 0.640. The summed E-state index contributed by atoms with van der Waals surface area (Å²) in [5.41, 5.74) is 2.38.